The minimum Gasteiger partial charge on any atom is -0.497 e. The van der Waals surface area contributed by atoms with Gasteiger partial charge in [0.05, 0.1) is 7.11 Å². The summed E-state index contributed by atoms with van der Waals surface area (Å²) in [5.41, 5.74) is 8.65. The number of benzene rings is 1. The Morgan fingerprint density at radius 2 is 2.04 bits per heavy atom. The van der Waals surface area contributed by atoms with Crippen molar-refractivity contribution in [2.75, 3.05) is 39.8 Å². The standard InChI is InChI=1S/C20H33N3O/c1-24-20-6-5-17-3-2-4-19(13-18(17)14-20)22-15-16-7-10-23(11-8-16)12-9-21/h5-6,14,16,19,22H,2-4,7-13,15,21H2,1H3. The van der Waals surface area contributed by atoms with E-state index in [1.54, 1.807) is 7.11 Å². The lowest BCUT2D eigenvalue weighted by molar-refractivity contribution is 0.183. The molecule has 4 heteroatoms. The van der Waals surface area contributed by atoms with Crippen LogP contribution in [0, 0.1) is 5.92 Å². The van der Waals surface area contributed by atoms with Crippen LogP contribution in [0.1, 0.15) is 36.8 Å². The molecule has 1 atom stereocenters. The van der Waals surface area contributed by atoms with E-state index in [1.807, 2.05) is 0 Å². The number of hydrogen-bond donors (Lipinski definition) is 2. The molecule has 1 aromatic rings. The summed E-state index contributed by atoms with van der Waals surface area (Å²) in [5.74, 6) is 1.81. The van der Waals surface area contributed by atoms with Gasteiger partial charge in [0.2, 0.25) is 0 Å². The van der Waals surface area contributed by atoms with Crippen LogP contribution in [-0.4, -0.2) is 50.8 Å². The fourth-order valence-corrected chi connectivity index (χ4v) is 4.17. The van der Waals surface area contributed by atoms with Gasteiger partial charge in [0.15, 0.2) is 0 Å². The van der Waals surface area contributed by atoms with Gasteiger partial charge < -0.3 is 20.7 Å². The van der Waals surface area contributed by atoms with Crippen LogP contribution >= 0.6 is 0 Å². The average Bonchev–Trinajstić information content (AvgIpc) is 2.82. The maximum atomic E-state index is 5.66. The molecule has 1 aliphatic carbocycles. The van der Waals surface area contributed by atoms with Gasteiger partial charge in [-0.3, -0.25) is 0 Å². The Morgan fingerprint density at radius 1 is 1.21 bits per heavy atom. The van der Waals surface area contributed by atoms with Crippen molar-refractivity contribution in [1.82, 2.24) is 10.2 Å². The van der Waals surface area contributed by atoms with Crippen LogP contribution in [0.4, 0.5) is 0 Å². The second kappa shape index (κ2) is 8.84. The summed E-state index contributed by atoms with van der Waals surface area (Å²) in [6.07, 6.45) is 7.52. The van der Waals surface area contributed by atoms with Gasteiger partial charge in [0.25, 0.3) is 0 Å². The summed E-state index contributed by atoms with van der Waals surface area (Å²) in [5, 5.41) is 3.87. The number of rotatable bonds is 6. The lowest BCUT2D eigenvalue weighted by Gasteiger charge is -2.32. The van der Waals surface area contributed by atoms with Gasteiger partial charge in [0.1, 0.15) is 5.75 Å². The zero-order chi connectivity index (χ0) is 16.8. The molecule has 1 saturated heterocycles. The van der Waals surface area contributed by atoms with Gasteiger partial charge in [-0.25, -0.2) is 0 Å². The topological polar surface area (TPSA) is 50.5 Å². The van der Waals surface area contributed by atoms with Crippen molar-refractivity contribution >= 4 is 0 Å². The predicted octanol–water partition coefficient (Wildman–Crippen LogP) is 2.20. The fourth-order valence-electron chi connectivity index (χ4n) is 4.17. The highest BCUT2D eigenvalue weighted by atomic mass is 16.5. The third-order valence-electron chi connectivity index (χ3n) is 5.73. The van der Waals surface area contributed by atoms with Crippen LogP contribution in [-0.2, 0) is 12.8 Å². The van der Waals surface area contributed by atoms with Crippen LogP contribution in [0.25, 0.3) is 0 Å². The smallest absolute Gasteiger partial charge is 0.119 e. The first-order chi connectivity index (χ1) is 11.8. The maximum Gasteiger partial charge on any atom is 0.119 e. The molecule has 1 aliphatic heterocycles. The van der Waals surface area contributed by atoms with Crippen molar-refractivity contribution < 1.29 is 4.74 Å². The lowest BCUT2D eigenvalue weighted by Crippen LogP contribution is -2.41. The molecule has 0 bridgehead atoms. The third-order valence-corrected chi connectivity index (χ3v) is 5.73. The molecular weight excluding hydrogens is 298 g/mol. The van der Waals surface area contributed by atoms with Gasteiger partial charge in [-0.2, -0.15) is 0 Å². The van der Waals surface area contributed by atoms with E-state index in [1.165, 1.54) is 62.9 Å². The average molecular weight is 332 g/mol. The van der Waals surface area contributed by atoms with E-state index in [4.69, 9.17) is 10.5 Å². The number of nitrogens with zero attached hydrogens (tertiary/aromatic N) is 1. The molecular formula is C20H33N3O. The molecule has 0 spiro atoms. The molecule has 4 nitrogen and oxygen atoms in total. The molecule has 24 heavy (non-hydrogen) atoms. The number of hydrogen-bond acceptors (Lipinski definition) is 4. The van der Waals surface area contributed by atoms with Gasteiger partial charge in [-0.05, 0) is 87.3 Å². The van der Waals surface area contributed by atoms with Crippen molar-refractivity contribution in [2.24, 2.45) is 11.7 Å². The lowest BCUT2D eigenvalue weighted by atomic mass is 9.95. The molecule has 1 heterocycles. The molecule has 0 amide bonds. The van der Waals surface area contributed by atoms with Gasteiger partial charge in [-0.15, -0.1) is 0 Å². The van der Waals surface area contributed by atoms with E-state index < -0.39 is 0 Å². The van der Waals surface area contributed by atoms with Crippen LogP contribution in [0.15, 0.2) is 18.2 Å². The first-order valence-corrected chi connectivity index (χ1v) is 9.60. The first kappa shape index (κ1) is 17.7. The quantitative estimate of drug-likeness (QED) is 0.785. The molecule has 134 valence electrons. The number of piperidine rings is 1. The van der Waals surface area contributed by atoms with Crippen LogP contribution < -0.4 is 15.8 Å². The highest BCUT2D eigenvalue weighted by Gasteiger charge is 2.21. The maximum absolute atomic E-state index is 5.66. The van der Waals surface area contributed by atoms with Crippen molar-refractivity contribution in [3.63, 3.8) is 0 Å². The van der Waals surface area contributed by atoms with Crippen LogP contribution in [0.5, 0.6) is 5.75 Å². The number of nitrogens with two attached hydrogens (primary N) is 1. The summed E-state index contributed by atoms with van der Waals surface area (Å²) >= 11 is 0. The summed E-state index contributed by atoms with van der Waals surface area (Å²) in [4.78, 5) is 2.50. The normalized spacial score (nSPS) is 22.8. The van der Waals surface area contributed by atoms with Crippen LogP contribution in [0.2, 0.25) is 0 Å². The van der Waals surface area contributed by atoms with Crippen molar-refractivity contribution in [3.05, 3.63) is 29.3 Å². The zero-order valence-corrected chi connectivity index (χ0v) is 15.1. The molecule has 2 aliphatic rings. The predicted molar refractivity (Wildman–Crippen MR) is 99.6 cm³/mol. The van der Waals surface area contributed by atoms with Crippen molar-refractivity contribution in [2.45, 2.75) is 44.6 Å². The summed E-state index contributed by atoms with van der Waals surface area (Å²) in [6.45, 7) is 5.44. The molecule has 1 unspecified atom stereocenters. The van der Waals surface area contributed by atoms with E-state index in [0.29, 0.717) is 6.04 Å². The molecule has 3 N–H and O–H groups in total. The van der Waals surface area contributed by atoms with Gasteiger partial charge >= 0.3 is 0 Å². The van der Waals surface area contributed by atoms with E-state index in [9.17, 15) is 0 Å². The van der Waals surface area contributed by atoms with E-state index in [0.717, 1.165) is 31.2 Å². The first-order valence-electron chi connectivity index (χ1n) is 9.60. The summed E-state index contributed by atoms with van der Waals surface area (Å²) in [7, 11) is 1.76. The number of aryl methyl sites for hydroxylation is 1. The van der Waals surface area contributed by atoms with E-state index in [2.05, 4.69) is 28.4 Å². The highest BCUT2D eigenvalue weighted by Crippen LogP contribution is 2.25. The van der Waals surface area contributed by atoms with Crippen molar-refractivity contribution in [3.8, 4) is 5.75 Å². The Kier molecular flexibility index (Phi) is 6.52. The largest absolute Gasteiger partial charge is 0.497 e. The molecule has 0 aromatic heterocycles. The minimum absolute atomic E-state index is 0.612. The monoisotopic (exact) mass is 331 g/mol. The number of likely N-dealkylation sites (tertiary alicyclic amines) is 1. The number of fused-ring (bicyclic) bond motifs is 1. The second-order valence-electron chi connectivity index (χ2n) is 7.41. The Balaban J connectivity index is 1.49. The molecule has 0 radical (unpaired) electrons. The number of ether oxygens (including phenoxy) is 1. The van der Waals surface area contributed by atoms with Gasteiger partial charge in [0, 0.05) is 19.1 Å². The Hall–Kier alpha value is -1.10. The van der Waals surface area contributed by atoms with Gasteiger partial charge in [-0.1, -0.05) is 6.07 Å². The molecule has 1 fully saturated rings. The highest BCUT2D eigenvalue weighted by molar-refractivity contribution is 5.37. The van der Waals surface area contributed by atoms with E-state index >= 15 is 0 Å². The minimum atomic E-state index is 0.612. The molecule has 0 saturated carbocycles. The fraction of sp³-hybridized carbons (Fsp3) is 0.700. The van der Waals surface area contributed by atoms with Crippen LogP contribution in [0.3, 0.4) is 0 Å². The molecule has 3 rings (SSSR count). The Labute approximate surface area is 146 Å². The summed E-state index contributed by atoms with van der Waals surface area (Å²) < 4.78 is 5.41. The Morgan fingerprint density at radius 3 is 2.79 bits per heavy atom. The number of nitrogens with one attached hydrogen (secondary N) is 1. The Bertz CT molecular complexity index is 512. The zero-order valence-electron chi connectivity index (χ0n) is 15.1. The summed E-state index contributed by atoms with van der Waals surface area (Å²) in [6, 6.07) is 7.20. The van der Waals surface area contributed by atoms with Crippen molar-refractivity contribution in [1.29, 1.82) is 0 Å². The SMILES string of the molecule is COc1ccc2c(c1)CC(NCC1CCN(CCN)CC1)CCC2. The number of methoxy groups -OCH3 is 1. The third kappa shape index (κ3) is 4.71. The second-order valence-corrected chi connectivity index (χ2v) is 7.41. The molecule has 1 aromatic carbocycles. The van der Waals surface area contributed by atoms with E-state index in [-0.39, 0.29) is 0 Å².